The van der Waals surface area contributed by atoms with E-state index in [0.29, 0.717) is 25.1 Å². The molecule has 3 aromatic rings. The highest BCUT2D eigenvalue weighted by atomic mass is 16.5. The standard InChI is InChI=1S/C37H54N6O2/c1-6-29-17-20-41(21-18-29)26-35-40-19-22-42(35)24-32-23-31(14-13-28(32)3)34(16-15-33(38)25-43(39)7-2)37(4,5)36(44)45-27-30-11-9-8-10-12-30/h8-14,19,22-23,25,29,34H,6-7,15-18,20-21,24,26-27,38-39H2,1-5H3/b33-25-. The lowest BCUT2D eigenvalue weighted by Crippen LogP contribution is -2.34. The summed E-state index contributed by atoms with van der Waals surface area (Å²) in [7, 11) is 0. The van der Waals surface area contributed by atoms with Gasteiger partial charge in [0, 0.05) is 37.4 Å². The van der Waals surface area contributed by atoms with Crippen molar-refractivity contribution in [2.24, 2.45) is 22.9 Å². The number of hydrazine groups is 1. The highest BCUT2D eigenvalue weighted by molar-refractivity contribution is 5.77. The summed E-state index contributed by atoms with van der Waals surface area (Å²) < 4.78 is 8.17. The molecule has 1 saturated heterocycles. The number of benzene rings is 2. The second-order valence-corrected chi connectivity index (χ2v) is 13.2. The molecule has 0 saturated carbocycles. The van der Waals surface area contributed by atoms with Gasteiger partial charge in [-0.3, -0.25) is 9.69 Å². The number of ether oxygens (including phenoxy) is 1. The summed E-state index contributed by atoms with van der Waals surface area (Å²) in [4.78, 5) is 21.0. The topological polar surface area (TPSA) is 103 Å². The molecule has 1 unspecified atom stereocenters. The minimum atomic E-state index is -0.792. The van der Waals surface area contributed by atoms with Crippen LogP contribution in [-0.4, -0.2) is 45.1 Å². The number of piperidine rings is 1. The lowest BCUT2D eigenvalue weighted by molar-refractivity contribution is -0.156. The van der Waals surface area contributed by atoms with Crippen molar-refractivity contribution in [1.29, 1.82) is 0 Å². The monoisotopic (exact) mass is 614 g/mol. The van der Waals surface area contributed by atoms with Crippen LogP contribution < -0.4 is 11.6 Å². The van der Waals surface area contributed by atoms with Crippen molar-refractivity contribution in [3.05, 3.63) is 101 Å². The number of aromatic nitrogens is 2. The van der Waals surface area contributed by atoms with Crippen molar-refractivity contribution in [3.8, 4) is 0 Å². The van der Waals surface area contributed by atoms with Gasteiger partial charge in [-0.25, -0.2) is 10.8 Å². The number of carbonyl (C=O) groups excluding carboxylic acids is 1. The molecular weight excluding hydrogens is 560 g/mol. The Bertz CT molecular complexity index is 1390. The maximum Gasteiger partial charge on any atom is 0.312 e. The fraction of sp³-hybridized carbons (Fsp3) is 0.514. The molecule has 1 aromatic heterocycles. The molecule has 2 aromatic carbocycles. The number of hydrogen-bond donors (Lipinski definition) is 2. The summed E-state index contributed by atoms with van der Waals surface area (Å²) in [5.74, 6) is 7.60. The molecule has 8 heteroatoms. The van der Waals surface area contributed by atoms with Crippen LogP contribution in [0.4, 0.5) is 0 Å². The molecule has 1 aliphatic heterocycles. The molecule has 0 radical (unpaired) electrons. The van der Waals surface area contributed by atoms with Gasteiger partial charge in [0.1, 0.15) is 12.4 Å². The first-order valence-corrected chi connectivity index (χ1v) is 16.6. The number of allylic oxidation sites excluding steroid dienone is 1. The quantitative estimate of drug-likeness (QED) is 0.115. The minimum Gasteiger partial charge on any atom is -0.460 e. The zero-order valence-electron chi connectivity index (χ0n) is 28.0. The third-order valence-electron chi connectivity index (χ3n) is 9.60. The fourth-order valence-corrected chi connectivity index (χ4v) is 6.33. The number of carbonyl (C=O) groups is 1. The van der Waals surface area contributed by atoms with E-state index in [4.69, 9.17) is 21.3 Å². The van der Waals surface area contributed by atoms with Crippen molar-refractivity contribution in [1.82, 2.24) is 19.5 Å². The van der Waals surface area contributed by atoms with E-state index in [2.05, 4.69) is 47.7 Å². The average molecular weight is 615 g/mol. The van der Waals surface area contributed by atoms with Crippen LogP contribution in [0.15, 0.2) is 72.8 Å². The smallest absolute Gasteiger partial charge is 0.312 e. The maximum atomic E-state index is 13.7. The van der Waals surface area contributed by atoms with Crippen LogP contribution in [0.3, 0.4) is 0 Å². The molecule has 1 atom stereocenters. The van der Waals surface area contributed by atoms with Crippen LogP contribution in [-0.2, 0) is 29.2 Å². The fourth-order valence-electron chi connectivity index (χ4n) is 6.33. The molecule has 1 aliphatic rings. The molecule has 0 bridgehead atoms. The second-order valence-electron chi connectivity index (χ2n) is 13.2. The van der Waals surface area contributed by atoms with E-state index in [-0.39, 0.29) is 18.5 Å². The summed E-state index contributed by atoms with van der Waals surface area (Å²) in [6.45, 7) is 15.2. The van der Waals surface area contributed by atoms with Crippen molar-refractivity contribution in [3.63, 3.8) is 0 Å². The molecule has 244 valence electrons. The summed E-state index contributed by atoms with van der Waals surface area (Å²) in [5.41, 5.74) is 10.8. The minimum absolute atomic E-state index is 0.123. The second kappa shape index (κ2) is 16.1. The first-order chi connectivity index (χ1) is 21.6. The van der Waals surface area contributed by atoms with Gasteiger partial charge in [0.05, 0.1) is 12.0 Å². The van der Waals surface area contributed by atoms with Crippen LogP contribution in [0, 0.1) is 18.3 Å². The van der Waals surface area contributed by atoms with Gasteiger partial charge >= 0.3 is 5.97 Å². The number of nitrogens with two attached hydrogens (primary N) is 2. The lowest BCUT2D eigenvalue weighted by atomic mass is 9.72. The molecular formula is C37H54N6O2. The normalized spacial score (nSPS) is 15.6. The van der Waals surface area contributed by atoms with Crippen LogP contribution in [0.1, 0.15) is 93.8 Å². The zero-order valence-corrected chi connectivity index (χ0v) is 28.0. The van der Waals surface area contributed by atoms with Crippen molar-refractivity contribution >= 4 is 5.97 Å². The summed E-state index contributed by atoms with van der Waals surface area (Å²) in [6.07, 6.45) is 10.9. The van der Waals surface area contributed by atoms with E-state index in [1.54, 1.807) is 11.2 Å². The Morgan fingerprint density at radius 3 is 2.56 bits per heavy atom. The van der Waals surface area contributed by atoms with E-state index in [0.717, 1.165) is 49.0 Å². The highest BCUT2D eigenvalue weighted by Crippen LogP contribution is 2.41. The molecule has 45 heavy (non-hydrogen) atoms. The Morgan fingerprint density at radius 2 is 1.87 bits per heavy atom. The van der Waals surface area contributed by atoms with Gasteiger partial charge in [-0.2, -0.15) is 0 Å². The number of hydrogen-bond acceptors (Lipinski definition) is 7. The Kier molecular flexibility index (Phi) is 12.3. The molecule has 2 heterocycles. The predicted octanol–water partition coefficient (Wildman–Crippen LogP) is 6.49. The lowest BCUT2D eigenvalue weighted by Gasteiger charge is -2.33. The first-order valence-electron chi connectivity index (χ1n) is 16.6. The number of likely N-dealkylation sites (tertiary alicyclic amines) is 1. The number of imidazole rings is 1. The Morgan fingerprint density at radius 1 is 1.13 bits per heavy atom. The van der Waals surface area contributed by atoms with E-state index in [9.17, 15) is 4.79 Å². The summed E-state index contributed by atoms with van der Waals surface area (Å²) >= 11 is 0. The third kappa shape index (κ3) is 9.44. The summed E-state index contributed by atoms with van der Waals surface area (Å²) in [6, 6.07) is 16.4. The van der Waals surface area contributed by atoms with Gasteiger partial charge in [-0.1, -0.05) is 61.9 Å². The van der Waals surface area contributed by atoms with Gasteiger partial charge in [0.25, 0.3) is 0 Å². The van der Waals surface area contributed by atoms with Gasteiger partial charge in [-0.05, 0) is 101 Å². The van der Waals surface area contributed by atoms with Crippen LogP contribution in [0.2, 0.25) is 0 Å². The maximum absolute atomic E-state index is 13.7. The SMILES string of the molecule is CCC1CCN(Cc2nccn2Cc2cc(C(CC/C(N)=C/N(N)CC)C(C)(C)C(=O)OCc3ccccc3)ccc2C)CC1. The molecule has 4 rings (SSSR count). The van der Waals surface area contributed by atoms with Gasteiger partial charge in [-0.15, -0.1) is 0 Å². The Hall–Kier alpha value is -3.62. The van der Waals surface area contributed by atoms with Crippen LogP contribution in [0.5, 0.6) is 0 Å². The molecule has 0 aliphatic carbocycles. The van der Waals surface area contributed by atoms with Crippen molar-refractivity contribution in [2.75, 3.05) is 19.6 Å². The van der Waals surface area contributed by atoms with Gasteiger partial charge in [0.2, 0.25) is 0 Å². The number of aryl methyl sites for hydroxylation is 1. The number of nitrogens with zero attached hydrogens (tertiary/aromatic N) is 4. The van der Waals surface area contributed by atoms with Gasteiger partial charge < -0.3 is 20.0 Å². The third-order valence-corrected chi connectivity index (χ3v) is 9.60. The van der Waals surface area contributed by atoms with Crippen molar-refractivity contribution in [2.45, 2.75) is 92.3 Å². The van der Waals surface area contributed by atoms with Crippen molar-refractivity contribution < 1.29 is 9.53 Å². The molecule has 1 fully saturated rings. The molecule has 0 spiro atoms. The van der Waals surface area contributed by atoms with Crippen LogP contribution in [0.25, 0.3) is 0 Å². The molecule has 0 amide bonds. The van der Waals surface area contributed by atoms with Gasteiger partial charge in [0.15, 0.2) is 0 Å². The highest BCUT2D eigenvalue weighted by Gasteiger charge is 2.39. The molecule has 8 nitrogen and oxygen atoms in total. The first kappa shape index (κ1) is 34.3. The Labute approximate surface area is 270 Å². The number of esters is 1. The molecule has 4 N–H and O–H groups in total. The summed E-state index contributed by atoms with van der Waals surface area (Å²) in [5, 5.41) is 1.59. The zero-order chi connectivity index (χ0) is 32.4. The van der Waals surface area contributed by atoms with E-state index < -0.39 is 5.41 Å². The largest absolute Gasteiger partial charge is 0.460 e. The van der Waals surface area contributed by atoms with E-state index in [1.807, 2.05) is 57.3 Å². The van der Waals surface area contributed by atoms with Crippen LogP contribution >= 0.6 is 0 Å². The predicted molar refractivity (Wildman–Crippen MR) is 182 cm³/mol. The number of rotatable bonds is 15. The average Bonchev–Trinajstić information content (AvgIpc) is 3.48. The van der Waals surface area contributed by atoms with E-state index in [1.165, 1.54) is 30.4 Å². The Balaban J connectivity index is 1.56. The van der Waals surface area contributed by atoms with E-state index >= 15 is 0 Å².